The minimum atomic E-state index is -6.79. The molecule has 1 atom stereocenters. The van der Waals surface area contributed by atoms with Crippen LogP contribution in [-0.4, -0.2) is 51.3 Å². The highest BCUT2D eigenvalue weighted by molar-refractivity contribution is 8.09. The Morgan fingerprint density at radius 1 is 0.879 bits per heavy atom. The van der Waals surface area contributed by atoms with Crippen LogP contribution in [0, 0.1) is 23.2 Å². The maximum absolute atomic E-state index is 12.8. The van der Waals surface area contributed by atoms with Crippen molar-refractivity contribution in [3.05, 3.63) is 0 Å². The van der Waals surface area contributed by atoms with Gasteiger partial charge in [-0.3, -0.25) is 0 Å². The molecule has 0 N–H and O–H groups in total. The molecule has 4 saturated carbocycles. The fourth-order valence-corrected chi connectivity index (χ4v) is 9.55. The average Bonchev–Trinajstić information content (AvgIpc) is 2.61. The van der Waals surface area contributed by atoms with Gasteiger partial charge in [-0.05, 0) is 63.2 Å². The zero-order chi connectivity index (χ0) is 25.0. The highest BCUT2D eigenvalue weighted by Gasteiger charge is 2.63. The third-order valence-electron chi connectivity index (χ3n) is 6.82. The maximum atomic E-state index is 12.8. The van der Waals surface area contributed by atoms with E-state index >= 15 is 0 Å². The second-order valence-corrected chi connectivity index (χ2v) is 14.1. The molecule has 0 spiro atoms. The van der Waals surface area contributed by atoms with Gasteiger partial charge in [0.15, 0.2) is 4.58 Å². The number of carbonyl (C=O) groups excluding carboxylic acids is 1. The van der Waals surface area contributed by atoms with Gasteiger partial charge in [-0.15, -0.1) is 0 Å². The first kappa shape index (κ1) is 26.4. The van der Waals surface area contributed by atoms with Crippen LogP contribution in [0.15, 0.2) is 0 Å². The molecule has 4 aliphatic rings. The third-order valence-corrected chi connectivity index (χ3v) is 11.4. The van der Waals surface area contributed by atoms with Crippen LogP contribution < -0.4 is 0 Å². The van der Waals surface area contributed by atoms with E-state index in [0.717, 1.165) is 45.4 Å². The van der Waals surface area contributed by atoms with E-state index in [-0.39, 0.29) is 12.0 Å². The van der Waals surface area contributed by atoms with Crippen molar-refractivity contribution in [2.45, 2.75) is 73.6 Å². The molecule has 4 fully saturated rings. The third kappa shape index (κ3) is 5.22. The number of hydrogen-bond acceptors (Lipinski definition) is 7. The first-order valence-corrected chi connectivity index (χ1v) is 13.4. The van der Waals surface area contributed by atoms with Gasteiger partial charge in [0.25, 0.3) is 19.7 Å². The van der Waals surface area contributed by atoms with Crippen molar-refractivity contribution >= 4 is 25.8 Å². The van der Waals surface area contributed by atoms with E-state index in [2.05, 4.69) is 4.74 Å². The molecule has 0 aromatic carbocycles. The number of sulfone groups is 2. The van der Waals surface area contributed by atoms with E-state index in [4.69, 9.17) is 4.74 Å². The van der Waals surface area contributed by atoms with Gasteiger partial charge < -0.3 is 9.47 Å². The average molecular weight is 531 g/mol. The lowest BCUT2D eigenvalue weighted by Gasteiger charge is -2.56. The number of alkyl halides is 6. The normalized spacial score (nSPS) is 31.0. The Morgan fingerprint density at radius 3 is 1.64 bits per heavy atom. The summed E-state index contributed by atoms with van der Waals surface area (Å²) >= 11 is 0. The Hall–Kier alpha value is -1.25. The minimum absolute atomic E-state index is 0.0345. The van der Waals surface area contributed by atoms with Crippen LogP contribution in [-0.2, 0) is 29.1 Å². The molecule has 33 heavy (non-hydrogen) atoms. The fourth-order valence-electron chi connectivity index (χ4n) is 5.91. The molecular formula is C18H24F6O7S2. The van der Waals surface area contributed by atoms with Crippen LogP contribution in [0.1, 0.15) is 51.9 Å². The summed E-state index contributed by atoms with van der Waals surface area (Å²) in [6.45, 7) is 0.754. The first-order valence-electron chi connectivity index (χ1n) is 10.3. The SMILES string of the molecule is CC(CC(S(=O)(=O)C(F)(F)F)S(=O)(=O)C(F)(F)F)OC(=O)OCC12CC3CC(CC(C3)C1)C2. The van der Waals surface area contributed by atoms with E-state index in [9.17, 15) is 48.0 Å². The zero-order valence-electron chi connectivity index (χ0n) is 17.5. The molecule has 7 nitrogen and oxygen atoms in total. The van der Waals surface area contributed by atoms with Crippen molar-refractivity contribution in [1.29, 1.82) is 0 Å². The lowest BCUT2D eigenvalue weighted by molar-refractivity contribution is -0.0925. The molecule has 1 unspecified atom stereocenters. The van der Waals surface area contributed by atoms with E-state index in [1.165, 1.54) is 0 Å². The molecule has 4 bridgehead atoms. The van der Waals surface area contributed by atoms with Gasteiger partial charge in [-0.1, -0.05) is 0 Å². The van der Waals surface area contributed by atoms with Gasteiger partial charge in [-0.25, -0.2) is 21.6 Å². The van der Waals surface area contributed by atoms with Gasteiger partial charge in [0.1, 0.15) is 12.7 Å². The summed E-state index contributed by atoms with van der Waals surface area (Å²) in [5, 5.41) is 0. The number of hydrogen-bond donors (Lipinski definition) is 0. The van der Waals surface area contributed by atoms with Crippen LogP contribution in [0.3, 0.4) is 0 Å². The quantitative estimate of drug-likeness (QED) is 0.357. The van der Waals surface area contributed by atoms with Crippen molar-refractivity contribution in [3.8, 4) is 0 Å². The Morgan fingerprint density at radius 2 is 1.27 bits per heavy atom. The largest absolute Gasteiger partial charge is 0.508 e. The van der Waals surface area contributed by atoms with Crippen molar-refractivity contribution in [2.75, 3.05) is 6.61 Å². The second kappa shape index (κ2) is 8.45. The molecule has 15 heteroatoms. The molecule has 0 radical (unpaired) electrons. The highest BCUT2D eigenvalue weighted by Crippen LogP contribution is 2.60. The zero-order valence-corrected chi connectivity index (χ0v) is 19.1. The van der Waals surface area contributed by atoms with E-state index in [1.807, 2.05) is 0 Å². The van der Waals surface area contributed by atoms with Gasteiger partial charge in [0.05, 0.1) is 0 Å². The first-order chi connectivity index (χ1) is 14.9. The van der Waals surface area contributed by atoms with Crippen molar-refractivity contribution < 1.29 is 57.4 Å². The smallest absolute Gasteiger partial charge is 0.434 e. The molecule has 0 aromatic rings. The fraction of sp³-hybridized carbons (Fsp3) is 0.944. The summed E-state index contributed by atoms with van der Waals surface area (Å²) < 4.78 is 129. The highest BCUT2D eigenvalue weighted by atomic mass is 32.3. The van der Waals surface area contributed by atoms with Gasteiger partial charge in [0, 0.05) is 11.8 Å². The van der Waals surface area contributed by atoms with Crippen LogP contribution >= 0.6 is 0 Å². The summed E-state index contributed by atoms with van der Waals surface area (Å²) in [4.78, 5) is 12.0. The molecule has 0 amide bonds. The Balaban J connectivity index is 1.65. The lowest BCUT2D eigenvalue weighted by atomic mass is 9.50. The van der Waals surface area contributed by atoms with Crippen LogP contribution in [0.2, 0.25) is 0 Å². The number of ether oxygens (including phenoxy) is 2. The standard InChI is InChI=1S/C18H24F6O7S2/c1-10(2-14(32(26,27)17(19,20)21)33(28,29)18(22,23)24)31-15(25)30-9-16-6-11-3-12(7-16)5-13(4-11)8-16/h10-14H,2-9H2,1H3. The monoisotopic (exact) mass is 530 g/mol. The molecular weight excluding hydrogens is 506 g/mol. The number of rotatable bonds is 7. The Bertz CT molecular complexity index is 892. The van der Waals surface area contributed by atoms with Crippen LogP contribution in [0.25, 0.3) is 0 Å². The molecule has 4 aliphatic carbocycles. The topological polar surface area (TPSA) is 104 Å². The van der Waals surface area contributed by atoms with Crippen molar-refractivity contribution in [1.82, 2.24) is 0 Å². The molecule has 0 saturated heterocycles. The summed E-state index contributed by atoms with van der Waals surface area (Å²) in [7, 11) is -13.6. The second-order valence-electron chi connectivity index (χ2n) is 9.53. The van der Waals surface area contributed by atoms with Gasteiger partial charge in [0.2, 0.25) is 0 Å². The molecule has 192 valence electrons. The molecule has 0 heterocycles. The van der Waals surface area contributed by atoms with E-state index in [0.29, 0.717) is 17.8 Å². The molecule has 0 aromatic heterocycles. The number of carbonyl (C=O) groups is 1. The van der Waals surface area contributed by atoms with Gasteiger partial charge in [-0.2, -0.15) is 26.3 Å². The van der Waals surface area contributed by atoms with Crippen LogP contribution in [0.4, 0.5) is 31.1 Å². The van der Waals surface area contributed by atoms with E-state index in [1.54, 1.807) is 0 Å². The molecule has 0 aliphatic heterocycles. The summed E-state index contributed by atoms with van der Waals surface area (Å²) in [6.07, 6.45) is 0.776. The molecule has 4 rings (SSSR count). The Kier molecular flexibility index (Phi) is 6.75. The maximum Gasteiger partial charge on any atom is 0.508 e. The predicted octanol–water partition coefficient (Wildman–Crippen LogP) is 4.33. The van der Waals surface area contributed by atoms with Gasteiger partial charge >= 0.3 is 17.2 Å². The van der Waals surface area contributed by atoms with Crippen molar-refractivity contribution in [3.63, 3.8) is 0 Å². The van der Waals surface area contributed by atoms with Crippen molar-refractivity contribution in [2.24, 2.45) is 23.2 Å². The summed E-state index contributed by atoms with van der Waals surface area (Å²) in [5.74, 6) is 1.57. The predicted molar refractivity (Wildman–Crippen MR) is 101 cm³/mol. The van der Waals surface area contributed by atoms with Crippen LogP contribution in [0.5, 0.6) is 0 Å². The summed E-state index contributed by atoms with van der Waals surface area (Å²) in [5.41, 5.74) is -12.8. The summed E-state index contributed by atoms with van der Waals surface area (Å²) in [6, 6.07) is 0. The Labute approximate surface area is 187 Å². The van der Waals surface area contributed by atoms with E-state index < -0.39 is 54.0 Å². The lowest BCUT2D eigenvalue weighted by Crippen LogP contribution is -2.48. The number of halogens is 6. The minimum Gasteiger partial charge on any atom is -0.434 e.